The van der Waals surface area contributed by atoms with E-state index in [2.05, 4.69) is 180 Å². The van der Waals surface area contributed by atoms with E-state index in [-0.39, 0.29) is 10.8 Å². The molecular formula is C41H46N2Si. The molecule has 1 aromatic heterocycles. The molecule has 44 heavy (non-hydrogen) atoms. The van der Waals surface area contributed by atoms with Crippen molar-refractivity contribution in [2.24, 2.45) is 0 Å². The van der Waals surface area contributed by atoms with Gasteiger partial charge in [0.2, 0.25) is 0 Å². The van der Waals surface area contributed by atoms with Crippen LogP contribution in [0.15, 0.2) is 109 Å². The normalized spacial score (nSPS) is 12.7. The van der Waals surface area contributed by atoms with Crippen molar-refractivity contribution in [1.82, 2.24) is 4.98 Å². The summed E-state index contributed by atoms with van der Waals surface area (Å²) in [5, 5.41) is 4.01. The van der Waals surface area contributed by atoms with Crippen LogP contribution in [0.3, 0.4) is 0 Å². The van der Waals surface area contributed by atoms with Crippen LogP contribution >= 0.6 is 0 Å². The lowest BCUT2D eigenvalue weighted by Gasteiger charge is -2.34. The summed E-state index contributed by atoms with van der Waals surface area (Å²) < 4.78 is 0. The maximum absolute atomic E-state index is 3.78. The number of nitrogens with one attached hydrogen (secondary N) is 1. The fourth-order valence-electron chi connectivity index (χ4n) is 6.48. The molecular weight excluding hydrogens is 549 g/mol. The van der Waals surface area contributed by atoms with Crippen molar-refractivity contribution in [3.8, 4) is 11.1 Å². The smallest absolute Gasteiger partial charge is 0.0811 e. The molecule has 0 atom stereocenters. The van der Waals surface area contributed by atoms with Crippen molar-refractivity contribution in [1.29, 1.82) is 0 Å². The summed E-state index contributed by atoms with van der Waals surface area (Å²) in [6, 6.07) is 40.7. The third kappa shape index (κ3) is 5.50. The second kappa shape index (κ2) is 10.8. The van der Waals surface area contributed by atoms with Crippen LogP contribution in [0.1, 0.15) is 52.7 Å². The molecule has 1 heterocycles. The Morgan fingerprint density at radius 2 is 1.02 bits per heavy atom. The van der Waals surface area contributed by atoms with Gasteiger partial charge in [-0.3, -0.25) is 0 Å². The number of anilines is 3. The van der Waals surface area contributed by atoms with E-state index < -0.39 is 8.07 Å². The average molecular weight is 595 g/mol. The lowest BCUT2D eigenvalue weighted by molar-refractivity contribution is 0.590. The largest absolute Gasteiger partial charge is 0.354 e. The number of H-pyrrole nitrogens is 1. The highest BCUT2D eigenvalue weighted by Gasteiger charge is 2.29. The van der Waals surface area contributed by atoms with Crippen LogP contribution in [0, 0.1) is 0 Å². The highest BCUT2D eigenvalue weighted by molar-refractivity contribution is 6.91. The second-order valence-electron chi connectivity index (χ2n) is 15.3. The summed E-state index contributed by atoms with van der Waals surface area (Å²) >= 11 is 0. The molecule has 0 fully saturated rings. The summed E-state index contributed by atoms with van der Waals surface area (Å²) in [5.74, 6) is 0. The van der Waals surface area contributed by atoms with Gasteiger partial charge in [0.1, 0.15) is 0 Å². The molecule has 3 heteroatoms. The lowest BCUT2D eigenvalue weighted by Crippen LogP contribution is -2.42. The van der Waals surface area contributed by atoms with E-state index in [0.717, 1.165) is 0 Å². The first kappa shape index (κ1) is 30.0. The van der Waals surface area contributed by atoms with E-state index in [1.165, 1.54) is 66.3 Å². The van der Waals surface area contributed by atoms with Gasteiger partial charge in [-0.1, -0.05) is 134 Å². The molecule has 0 saturated carbocycles. The number of para-hydroxylation sites is 2. The van der Waals surface area contributed by atoms with Crippen LogP contribution in [0.2, 0.25) is 19.6 Å². The van der Waals surface area contributed by atoms with Gasteiger partial charge in [-0.25, -0.2) is 0 Å². The quantitative estimate of drug-likeness (QED) is 0.197. The lowest BCUT2D eigenvalue weighted by atomic mass is 9.86. The molecule has 6 aromatic rings. The Kier molecular flexibility index (Phi) is 7.37. The van der Waals surface area contributed by atoms with Gasteiger partial charge < -0.3 is 9.88 Å². The minimum Gasteiger partial charge on any atom is -0.354 e. The van der Waals surface area contributed by atoms with Crippen LogP contribution in [-0.2, 0) is 10.8 Å². The number of nitrogens with zero attached hydrogens (tertiary/aromatic N) is 1. The van der Waals surface area contributed by atoms with E-state index in [0.29, 0.717) is 0 Å². The van der Waals surface area contributed by atoms with Crippen molar-refractivity contribution in [2.45, 2.75) is 72.0 Å². The van der Waals surface area contributed by atoms with Crippen molar-refractivity contribution >= 4 is 52.1 Å². The third-order valence-electron chi connectivity index (χ3n) is 8.85. The van der Waals surface area contributed by atoms with E-state index >= 15 is 0 Å². The molecule has 5 aromatic carbocycles. The van der Waals surface area contributed by atoms with Gasteiger partial charge >= 0.3 is 0 Å². The summed E-state index contributed by atoms with van der Waals surface area (Å²) in [7, 11) is -1.90. The van der Waals surface area contributed by atoms with Crippen LogP contribution in [0.5, 0.6) is 0 Å². The van der Waals surface area contributed by atoms with E-state index in [4.69, 9.17) is 0 Å². The number of fused-ring (bicyclic) bond motifs is 3. The zero-order valence-electron chi connectivity index (χ0n) is 27.8. The van der Waals surface area contributed by atoms with E-state index in [1.54, 1.807) is 0 Å². The maximum Gasteiger partial charge on any atom is 0.0811 e. The van der Waals surface area contributed by atoms with E-state index in [9.17, 15) is 0 Å². The van der Waals surface area contributed by atoms with Crippen LogP contribution in [0.25, 0.3) is 32.9 Å². The maximum atomic E-state index is 3.78. The zero-order valence-corrected chi connectivity index (χ0v) is 28.8. The van der Waals surface area contributed by atoms with Gasteiger partial charge in [-0.15, -0.1) is 0 Å². The molecule has 0 saturated heterocycles. The number of hydrogen-bond donors (Lipinski definition) is 1. The van der Waals surface area contributed by atoms with Crippen LogP contribution < -0.4 is 10.1 Å². The van der Waals surface area contributed by atoms with Gasteiger partial charge in [0, 0.05) is 38.9 Å². The first-order valence-electron chi connectivity index (χ1n) is 15.9. The third-order valence-corrected chi connectivity index (χ3v) is 10.9. The van der Waals surface area contributed by atoms with Gasteiger partial charge in [0.25, 0.3) is 0 Å². The molecule has 224 valence electrons. The molecule has 0 aliphatic heterocycles. The number of aromatic amines is 1. The van der Waals surface area contributed by atoms with Crippen molar-refractivity contribution in [2.75, 3.05) is 4.90 Å². The Labute approximate surface area is 264 Å². The highest BCUT2D eigenvalue weighted by Crippen LogP contribution is 2.40. The van der Waals surface area contributed by atoms with Gasteiger partial charge in [0.15, 0.2) is 0 Å². The van der Waals surface area contributed by atoms with Crippen molar-refractivity contribution in [3.63, 3.8) is 0 Å². The fourth-order valence-corrected chi connectivity index (χ4v) is 8.47. The van der Waals surface area contributed by atoms with Crippen molar-refractivity contribution < 1.29 is 0 Å². The molecule has 0 radical (unpaired) electrons. The molecule has 0 spiro atoms. The standard InChI is InChI=1S/C41H46N2Si/c1-40(2,3)28-20-24-30(25-21-28)43(31-26-22-29(23-27-31)41(4,5)6)37-19-13-17-35(39(37)44(7,8)9)34-16-12-15-33-32-14-10-11-18-36(32)42-38(33)34/h10-27,42H,1-9H3. The molecule has 6 rings (SSSR count). The molecule has 2 nitrogen and oxygen atoms in total. The minimum absolute atomic E-state index is 0.0966. The Morgan fingerprint density at radius 1 is 0.523 bits per heavy atom. The number of rotatable bonds is 5. The Hall–Kier alpha value is -4.08. The molecule has 0 bridgehead atoms. The fraction of sp³-hybridized carbons (Fsp3) is 0.268. The summed E-state index contributed by atoms with van der Waals surface area (Å²) in [6.07, 6.45) is 0. The Bertz CT molecular complexity index is 1880. The average Bonchev–Trinajstić information content (AvgIpc) is 3.35. The first-order valence-corrected chi connectivity index (χ1v) is 19.4. The van der Waals surface area contributed by atoms with Gasteiger partial charge in [0.05, 0.1) is 13.6 Å². The molecule has 1 N–H and O–H groups in total. The first-order chi connectivity index (χ1) is 20.7. The number of benzene rings is 5. The van der Waals surface area contributed by atoms with Crippen molar-refractivity contribution in [3.05, 3.63) is 120 Å². The second-order valence-corrected chi connectivity index (χ2v) is 20.3. The highest BCUT2D eigenvalue weighted by atomic mass is 28.3. The predicted molar refractivity (Wildman–Crippen MR) is 196 cm³/mol. The van der Waals surface area contributed by atoms with Crippen LogP contribution in [-0.4, -0.2) is 13.1 Å². The molecule has 0 aliphatic rings. The van der Waals surface area contributed by atoms with Gasteiger partial charge in [-0.05, 0) is 69.1 Å². The Balaban J connectivity index is 1.62. The number of aromatic nitrogens is 1. The van der Waals surface area contributed by atoms with Crippen LogP contribution in [0.4, 0.5) is 17.1 Å². The molecule has 0 aliphatic carbocycles. The number of hydrogen-bond acceptors (Lipinski definition) is 1. The summed E-state index contributed by atoms with van der Waals surface area (Å²) in [6.45, 7) is 21.1. The molecule has 0 amide bonds. The van der Waals surface area contributed by atoms with E-state index in [1.807, 2.05) is 0 Å². The summed E-state index contributed by atoms with van der Waals surface area (Å²) in [5.41, 5.74) is 11.5. The predicted octanol–water partition coefficient (Wildman–Crippen LogP) is 11.6. The molecule has 0 unspecified atom stereocenters. The summed E-state index contributed by atoms with van der Waals surface area (Å²) in [4.78, 5) is 6.27. The minimum atomic E-state index is -1.90. The van der Waals surface area contributed by atoms with Gasteiger partial charge in [-0.2, -0.15) is 0 Å². The monoisotopic (exact) mass is 594 g/mol. The topological polar surface area (TPSA) is 19.0 Å². The SMILES string of the molecule is CC(C)(C)c1ccc(N(c2ccc(C(C)(C)C)cc2)c2cccc(-c3cccc4c3[nH]c3ccccc34)c2[Si](C)(C)C)cc1. The Morgan fingerprint density at radius 3 is 1.57 bits per heavy atom. The zero-order chi connectivity index (χ0) is 31.4.